The van der Waals surface area contributed by atoms with Gasteiger partial charge in [-0.25, -0.2) is 4.39 Å². The van der Waals surface area contributed by atoms with Gasteiger partial charge in [-0.3, -0.25) is 4.79 Å². The number of hydrogen-bond acceptors (Lipinski definition) is 2. The molecule has 0 bridgehead atoms. The van der Waals surface area contributed by atoms with Gasteiger partial charge in [0.05, 0.1) is 10.9 Å². The van der Waals surface area contributed by atoms with Crippen molar-refractivity contribution in [2.45, 2.75) is 30.9 Å². The number of aryl methyl sites for hydroxylation is 2. The first-order valence-electron chi connectivity index (χ1n) is 6.76. The second-order valence-corrected chi connectivity index (χ2v) is 6.39. The smallest absolute Gasteiger partial charge is 0.237 e. The quantitative estimate of drug-likeness (QED) is 0.839. The first kappa shape index (κ1) is 15.6. The van der Waals surface area contributed by atoms with Crippen molar-refractivity contribution in [3.8, 4) is 0 Å². The lowest BCUT2D eigenvalue weighted by Crippen LogP contribution is -2.22. The van der Waals surface area contributed by atoms with Crippen LogP contribution >= 0.6 is 11.8 Å². The van der Waals surface area contributed by atoms with Crippen molar-refractivity contribution in [3.63, 3.8) is 0 Å². The molecule has 0 heterocycles. The molecule has 4 heteroatoms. The van der Waals surface area contributed by atoms with Crippen molar-refractivity contribution in [1.82, 2.24) is 0 Å². The molecule has 0 aliphatic rings. The zero-order valence-electron chi connectivity index (χ0n) is 12.3. The van der Waals surface area contributed by atoms with Gasteiger partial charge in [-0.2, -0.15) is 0 Å². The van der Waals surface area contributed by atoms with Crippen molar-refractivity contribution in [1.29, 1.82) is 0 Å². The van der Waals surface area contributed by atoms with Gasteiger partial charge in [0.15, 0.2) is 0 Å². The number of carbonyl (C=O) groups is 1. The van der Waals surface area contributed by atoms with Gasteiger partial charge in [0.1, 0.15) is 5.82 Å². The summed E-state index contributed by atoms with van der Waals surface area (Å²) in [5.41, 5.74) is 2.64. The third-order valence-electron chi connectivity index (χ3n) is 3.29. The maximum absolute atomic E-state index is 13.5. The molecule has 2 aromatic rings. The fourth-order valence-electron chi connectivity index (χ4n) is 1.84. The minimum Gasteiger partial charge on any atom is -0.323 e. The molecule has 2 aromatic carbocycles. The predicted molar refractivity (Wildman–Crippen MR) is 86.3 cm³/mol. The van der Waals surface area contributed by atoms with E-state index in [-0.39, 0.29) is 16.8 Å². The zero-order chi connectivity index (χ0) is 15.4. The highest BCUT2D eigenvalue weighted by Gasteiger charge is 2.16. The summed E-state index contributed by atoms with van der Waals surface area (Å²) in [7, 11) is 0. The first-order chi connectivity index (χ1) is 9.97. The molecule has 2 rings (SSSR count). The Kier molecular flexibility index (Phi) is 5.02. The van der Waals surface area contributed by atoms with Gasteiger partial charge in [0, 0.05) is 4.90 Å². The van der Waals surface area contributed by atoms with E-state index >= 15 is 0 Å². The molecule has 0 saturated heterocycles. The third-order valence-corrected chi connectivity index (χ3v) is 4.39. The van der Waals surface area contributed by atoms with E-state index in [1.54, 1.807) is 18.2 Å². The Bertz CT molecular complexity index is 657. The van der Waals surface area contributed by atoms with Gasteiger partial charge in [0.25, 0.3) is 0 Å². The van der Waals surface area contributed by atoms with Crippen LogP contribution in [0.25, 0.3) is 0 Å². The van der Waals surface area contributed by atoms with Gasteiger partial charge >= 0.3 is 0 Å². The van der Waals surface area contributed by atoms with Crippen molar-refractivity contribution in [2.75, 3.05) is 5.32 Å². The topological polar surface area (TPSA) is 29.1 Å². The number of nitrogens with one attached hydrogen (secondary N) is 1. The highest BCUT2D eigenvalue weighted by molar-refractivity contribution is 8.00. The Hall–Kier alpha value is -1.81. The normalized spacial score (nSPS) is 12.0. The van der Waals surface area contributed by atoms with Gasteiger partial charge in [0.2, 0.25) is 5.91 Å². The average molecular weight is 303 g/mol. The number of anilines is 1. The SMILES string of the molecule is Cc1ccc(SC(C)C(=O)Nc2ccccc2F)cc1C. The number of carbonyl (C=O) groups excluding carboxylic acids is 1. The molecule has 0 aromatic heterocycles. The summed E-state index contributed by atoms with van der Waals surface area (Å²) in [6.45, 7) is 5.91. The molecule has 110 valence electrons. The molecule has 0 aliphatic carbocycles. The number of halogens is 1. The Morgan fingerprint density at radius 1 is 1.14 bits per heavy atom. The molecule has 1 N–H and O–H groups in total. The lowest BCUT2D eigenvalue weighted by atomic mass is 10.1. The molecule has 1 atom stereocenters. The molecule has 0 saturated carbocycles. The van der Waals surface area contributed by atoms with Crippen molar-refractivity contribution in [2.24, 2.45) is 0 Å². The van der Waals surface area contributed by atoms with Gasteiger partial charge in [-0.15, -0.1) is 11.8 Å². The van der Waals surface area contributed by atoms with Crippen LogP contribution < -0.4 is 5.32 Å². The molecule has 21 heavy (non-hydrogen) atoms. The summed E-state index contributed by atoms with van der Waals surface area (Å²) in [6.07, 6.45) is 0. The van der Waals surface area contributed by atoms with E-state index in [4.69, 9.17) is 0 Å². The minimum absolute atomic E-state index is 0.205. The second-order valence-electron chi connectivity index (χ2n) is 4.98. The summed E-state index contributed by atoms with van der Waals surface area (Å²) >= 11 is 1.47. The van der Waals surface area contributed by atoms with Crippen LogP contribution in [0.5, 0.6) is 0 Å². The number of amides is 1. The van der Waals surface area contributed by atoms with E-state index in [0.717, 1.165) is 4.90 Å². The fourth-order valence-corrected chi connectivity index (χ4v) is 2.81. The van der Waals surface area contributed by atoms with E-state index < -0.39 is 5.82 Å². The Balaban J connectivity index is 2.02. The summed E-state index contributed by atoms with van der Waals surface area (Å²) in [5, 5.41) is 2.32. The Morgan fingerprint density at radius 2 is 1.86 bits per heavy atom. The monoisotopic (exact) mass is 303 g/mol. The predicted octanol–water partition coefficient (Wildman–Crippen LogP) is 4.56. The summed E-state index contributed by atoms with van der Waals surface area (Å²) in [4.78, 5) is 13.2. The Morgan fingerprint density at radius 3 is 2.52 bits per heavy atom. The first-order valence-corrected chi connectivity index (χ1v) is 7.64. The standard InChI is InChI=1S/C17H18FNOS/c1-11-8-9-14(10-12(11)2)21-13(3)17(20)19-16-7-5-4-6-15(16)18/h4-10,13H,1-3H3,(H,19,20). The Labute approximate surface area is 128 Å². The summed E-state index contributed by atoms with van der Waals surface area (Å²) in [5.74, 6) is -0.627. The van der Waals surface area contributed by atoms with Gasteiger partial charge in [-0.1, -0.05) is 18.2 Å². The van der Waals surface area contributed by atoms with Crippen molar-refractivity contribution < 1.29 is 9.18 Å². The molecule has 0 aliphatic heterocycles. The van der Waals surface area contributed by atoms with E-state index in [9.17, 15) is 9.18 Å². The van der Waals surface area contributed by atoms with Crippen molar-refractivity contribution >= 4 is 23.4 Å². The van der Waals surface area contributed by atoms with E-state index in [0.29, 0.717) is 0 Å². The number of hydrogen-bond donors (Lipinski definition) is 1. The van der Waals surface area contributed by atoms with E-state index in [1.807, 2.05) is 26.0 Å². The van der Waals surface area contributed by atoms with E-state index in [2.05, 4.69) is 18.3 Å². The highest BCUT2D eigenvalue weighted by atomic mass is 32.2. The van der Waals surface area contributed by atoms with Crippen LogP contribution in [0.4, 0.5) is 10.1 Å². The number of benzene rings is 2. The molecule has 1 amide bonds. The van der Waals surface area contributed by atoms with Gasteiger partial charge in [-0.05, 0) is 56.2 Å². The third kappa shape index (κ3) is 4.08. The maximum Gasteiger partial charge on any atom is 0.237 e. The molecule has 0 spiro atoms. The van der Waals surface area contributed by atoms with Crippen LogP contribution in [0.15, 0.2) is 47.4 Å². The van der Waals surface area contributed by atoms with Crippen LogP contribution in [0.2, 0.25) is 0 Å². The van der Waals surface area contributed by atoms with Crippen LogP contribution in [0.3, 0.4) is 0 Å². The number of rotatable bonds is 4. The largest absolute Gasteiger partial charge is 0.323 e. The van der Waals surface area contributed by atoms with Crippen LogP contribution in [0, 0.1) is 19.7 Å². The molecule has 0 fully saturated rings. The number of thioether (sulfide) groups is 1. The maximum atomic E-state index is 13.5. The number of para-hydroxylation sites is 1. The van der Waals surface area contributed by atoms with Crippen LogP contribution in [-0.4, -0.2) is 11.2 Å². The van der Waals surface area contributed by atoms with Crippen LogP contribution in [0.1, 0.15) is 18.1 Å². The molecular formula is C17H18FNOS. The molecule has 1 unspecified atom stereocenters. The van der Waals surface area contributed by atoms with E-state index in [1.165, 1.54) is 29.0 Å². The average Bonchev–Trinajstić information content (AvgIpc) is 2.45. The zero-order valence-corrected chi connectivity index (χ0v) is 13.1. The highest BCUT2D eigenvalue weighted by Crippen LogP contribution is 2.26. The summed E-state index contributed by atoms with van der Waals surface area (Å²) < 4.78 is 13.5. The lowest BCUT2D eigenvalue weighted by molar-refractivity contribution is -0.115. The lowest BCUT2D eigenvalue weighted by Gasteiger charge is -2.13. The summed E-state index contributed by atoms with van der Waals surface area (Å²) in [6, 6.07) is 12.3. The molecular weight excluding hydrogens is 285 g/mol. The minimum atomic E-state index is -0.422. The fraction of sp³-hybridized carbons (Fsp3) is 0.235. The van der Waals surface area contributed by atoms with Crippen LogP contribution in [-0.2, 0) is 4.79 Å². The molecule has 2 nitrogen and oxygen atoms in total. The van der Waals surface area contributed by atoms with Gasteiger partial charge < -0.3 is 5.32 Å². The second kappa shape index (κ2) is 6.76. The molecule has 0 radical (unpaired) electrons. The van der Waals surface area contributed by atoms with Crippen molar-refractivity contribution in [3.05, 3.63) is 59.4 Å².